The van der Waals surface area contributed by atoms with Gasteiger partial charge >= 0.3 is 0 Å². The van der Waals surface area contributed by atoms with Crippen LogP contribution in [-0.4, -0.2) is 0 Å². The number of halogens is 3. The Morgan fingerprint density at radius 1 is 0.950 bits per heavy atom. The zero-order valence-corrected chi connectivity index (χ0v) is 13.4. The van der Waals surface area contributed by atoms with Crippen LogP contribution in [0.15, 0.2) is 42.5 Å². The molecule has 0 bridgehead atoms. The first-order valence-electron chi connectivity index (χ1n) is 5.99. The van der Waals surface area contributed by atoms with Crippen LogP contribution in [0.3, 0.4) is 0 Å². The van der Waals surface area contributed by atoms with Crippen LogP contribution in [-0.2, 0) is 6.54 Å². The molecule has 0 atom stereocenters. The highest BCUT2D eigenvalue weighted by Gasteiger charge is 2.09. The molecule has 0 aliphatic heterocycles. The fourth-order valence-corrected chi connectivity index (χ4v) is 3.98. The monoisotopic (exact) mass is 341 g/mol. The van der Waals surface area contributed by atoms with Crippen molar-refractivity contribution in [2.45, 2.75) is 6.54 Å². The summed E-state index contributed by atoms with van der Waals surface area (Å²) in [5, 5.41) is 6.44. The van der Waals surface area contributed by atoms with Crippen LogP contribution in [0.2, 0.25) is 15.1 Å². The largest absolute Gasteiger partial charge is 0.380 e. The molecule has 1 N–H and O–H groups in total. The molecule has 5 heteroatoms. The lowest BCUT2D eigenvalue weighted by atomic mass is 10.2. The van der Waals surface area contributed by atoms with E-state index in [9.17, 15) is 0 Å². The molecule has 0 fully saturated rings. The Morgan fingerprint density at radius 3 is 2.35 bits per heavy atom. The SMILES string of the molecule is Clc1cc(Cl)cc(NCc2sc3ccccc3c2Cl)c1. The van der Waals surface area contributed by atoms with E-state index in [1.165, 1.54) is 4.70 Å². The number of hydrogen-bond acceptors (Lipinski definition) is 2. The molecule has 1 heterocycles. The molecule has 0 saturated heterocycles. The van der Waals surface area contributed by atoms with Gasteiger partial charge in [0, 0.05) is 30.7 Å². The van der Waals surface area contributed by atoms with E-state index < -0.39 is 0 Å². The average Bonchev–Trinajstić information content (AvgIpc) is 2.73. The summed E-state index contributed by atoms with van der Waals surface area (Å²) in [4.78, 5) is 1.10. The van der Waals surface area contributed by atoms with Gasteiger partial charge in [-0.2, -0.15) is 0 Å². The van der Waals surface area contributed by atoms with Gasteiger partial charge in [0.25, 0.3) is 0 Å². The fourth-order valence-electron chi connectivity index (χ4n) is 2.02. The normalized spacial score (nSPS) is 10.9. The van der Waals surface area contributed by atoms with Crippen LogP contribution in [0, 0.1) is 0 Å². The number of thiophene rings is 1. The molecule has 3 aromatic rings. The van der Waals surface area contributed by atoms with Gasteiger partial charge in [0.15, 0.2) is 0 Å². The molecule has 0 radical (unpaired) electrons. The van der Waals surface area contributed by atoms with E-state index in [-0.39, 0.29) is 0 Å². The smallest absolute Gasteiger partial charge is 0.0642 e. The zero-order chi connectivity index (χ0) is 14.1. The second-order valence-electron chi connectivity index (χ2n) is 4.35. The van der Waals surface area contributed by atoms with Crippen molar-refractivity contribution in [3.8, 4) is 0 Å². The van der Waals surface area contributed by atoms with Gasteiger partial charge in [-0.25, -0.2) is 0 Å². The van der Waals surface area contributed by atoms with Crippen molar-refractivity contribution in [1.82, 2.24) is 0 Å². The Morgan fingerprint density at radius 2 is 1.65 bits per heavy atom. The van der Waals surface area contributed by atoms with E-state index in [4.69, 9.17) is 34.8 Å². The van der Waals surface area contributed by atoms with Crippen molar-refractivity contribution >= 4 is 61.9 Å². The maximum atomic E-state index is 6.40. The summed E-state index contributed by atoms with van der Waals surface area (Å²) in [6, 6.07) is 13.5. The lowest BCUT2D eigenvalue weighted by Gasteiger charge is -2.06. The third kappa shape index (κ3) is 2.89. The van der Waals surface area contributed by atoms with Gasteiger partial charge in [-0.1, -0.05) is 53.0 Å². The molecule has 1 aromatic heterocycles. The van der Waals surface area contributed by atoms with Crippen molar-refractivity contribution in [3.05, 3.63) is 62.4 Å². The van der Waals surface area contributed by atoms with Gasteiger partial charge in [-0.3, -0.25) is 0 Å². The van der Waals surface area contributed by atoms with Crippen molar-refractivity contribution in [3.63, 3.8) is 0 Å². The first-order valence-corrected chi connectivity index (χ1v) is 7.94. The number of fused-ring (bicyclic) bond motifs is 1. The molecule has 0 saturated carbocycles. The number of anilines is 1. The highest BCUT2D eigenvalue weighted by molar-refractivity contribution is 7.19. The number of benzene rings is 2. The molecule has 102 valence electrons. The first-order chi connectivity index (χ1) is 9.63. The molecule has 0 unspecified atom stereocenters. The predicted octanol–water partition coefficient (Wildman–Crippen LogP) is 6.47. The van der Waals surface area contributed by atoms with E-state index in [0.717, 1.165) is 21.0 Å². The zero-order valence-electron chi connectivity index (χ0n) is 10.3. The van der Waals surface area contributed by atoms with Gasteiger partial charge in [0.05, 0.1) is 11.6 Å². The Kier molecular flexibility index (Phi) is 4.08. The molecule has 20 heavy (non-hydrogen) atoms. The van der Waals surface area contributed by atoms with E-state index in [2.05, 4.69) is 11.4 Å². The molecular weight excluding hydrogens is 333 g/mol. The third-order valence-electron chi connectivity index (χ3n) is 2.92. The minimum atomic E-state index is 0.613. The second-order valence-corrected chi connectivity index (χ2v) is 6.73. The first kappa shape index (κ1) is 14.0. The standard InChI is InChI=1S/C15H10Cl3NS/c16-9-5-10(17)7-11(6-9)19-8-14-15(18)12-3-1-2-4-13(12)20-14/h1-7,19H,8H2. The van der Waals surface area contributed by atoms with Crippen molar-refractivity contribution in [2.24, 2.45) is 0 Å². The molecule has 0 spiro atoms. The lowest BCUT2D eigenvalue weighted by molar-refractivity contribution is 1.19. The topological polar surface area (TPSA) is 12.0 Å². The predicted molar refractivity (Wildman–Crippen MR) is 90.6 cm³/mol. The van der Waals surface area contributed by atoms with Crippen molar-refractivity contribution in [2.75, 3.05) is 5.32 Å². The minimum absolute atomic E-state index is 0.613. The third-order valence-corrected chi connectivity index (χ3v) is 5.07. The molecule has 0 amide bonds. The van der Waals surface area contributed by atoms with Crippen LogP contribution in [0.25, 0.3) is 10.1 Å². The summed E-state index contributed by atoms with van der Waals surface area (Å²) in [6.45, 7) is 0.648. The van der Waals surface area contributed by atoms with E-state index in [1.54, 1.807) is 17.4 Å². The molecule has 1 nitrogen and oxygen atoms in total. The summed E-state index contributed by atoms with van der Waals surface area (Å²) in [5.74, 6) is 0. The summed E-state index contributed by atoms with van der Waals surface area (Å²) in [7, 11) is 0. The van der Waals surface area contributed by atoms with E-state index in [1.807, 2.05) is 30.3 Å². The average molecular weight is 343 g/mol. The highest BCUT2D eigenvalue weighted by atomic mass is 35.5. The van der Waals surface area contributed by atoms with Crippen LogP contribution in [0.1, 0.15) is 4.88 Å². The Labute approximate surface area is 136 Å². The Bertz CT molecular complexity index is 747. The minimum Gasteiger partial charge on any atom is -0.380 e. The van der Waals surface area contributed by atoms with Gasteiger partial charge in [-0.05, 0) is 24.3 Å². The van der Waals surface area contributed by atoms with Gasteiger partial charge in [0.1, 0.15) is 0 Å². The van der Waals surface area contributed by atoms with Crippen LogP contribution >= 0.6 is 46.1 Å². The molecule has 2 aromatic carbocycles. The van der Waals surface area contributed by atoms with Crippen molar-refractivity contribution in [1.29, 1.82) is 0 Å². The van der Waals surface area contributed by atoms with Gasteiger partial charge in [0.2, 0.25) is 0 Å². The van der Waals surface area contributed by atoms with Crippen LogP contribution < -0.4 is 5.32 Å². The van der Waals surface area contributed by atoms with E-state index >= 15 is 0 Å². The maximum Gasteiger partial charge on any atom is 0.0642 e. The Balaban J connectivity index is 1.84. The molecular formula is C15H10Cl3NS. The number of nitrogens with one attached hydrogen (secondary N) is 1. The highest BCUT2D eigenvalue weighted by Crippen LogP contribution is 2.35. The summed E-state index contributed by atoms with van der Waals surface area (Å²) >= 11 is 20.1. The summed E-state index contributed by atoms with van der Waals surface area (Å²) < 4.78 is 1.19. The van der Waals surface area contributed by atoms with Crippen LogP contribution in [0.4, 0.5) is 5.69 Å². The number of hydrogen-bond donors (Lipinski definition) is 1. The lowest BCUT2D eigenvalue weighted by Crippen LogP contribution is -1.97. The molecule has 3 rings (SSSR count). The van der Waals surface area contributed by atoms with E-state index in [0.29, 0.717) is 16.6 Å². The summed E-state index contributed by atoms with van der Waals surface area (Å²) in [6.07, 6.45) is 0. The van der Waals surface area contributed by atoms with Crippen LogP contribution in [0.5, 0.6) is 0 Å². The quantitative estimate of drug-likeness (QED) is 0.575. The van der Waals surface area contributed by atoms with Gasteiger partial charge < -0.3 is 5.32 Å². The molecule has 0 aliphatic carbocycles. The number of rotatable bonds is 3. The fraction of sp³-hybridized carbons (Fsp3) is 0.0667. The maximum absolute atomic E-state index is 6.40. The Hall–Kier alpha value is -0.930. The molecule has 0 aliphatic rings. The van der Waals surface area contributed by atoms with Gasteiger partial charge in [-0.15, -0.1) is 11.3 Å². The second kappa shape index (κ2) is 5.82. The summed E-state index contributed by atoms with van der Waals surface area (Å²) in [5.41, 5.74) is 0.885. The van der Waals surface area contributed by atoms with Crippen molar-refractivity contribution < 1.29 is 0 Å².